The van der Waals surface area contributed by atoms with Crippen LogP contribution < -0.4 is 5.32 Å². The highest BCUT2D eigenvalue weighted by atomic mass is 32.2. The number of nitrogens with one attached hydrogen (secondary N) is 1. The smallest absolute Gasteiger partial charge is 0.287 e. The molecule has 0 aliphatic carbocycles. The van der Waals surface area contributed by atoms with E-state index in [-0.39, 0.29) is 18.6 Å². The van der Waals surface area contributed by atoms with Crippen molar-refractivity contribution in [2.45, 2.75) is 23.6 Å². The molecule has 2 rings (SSSR count). The van der Waals surface area contributed by atoms with E-state index < -0.39 is 0 Å². The van der Waals surface area contributed by atoms with Crippen LogP contribution >= 0.6 is 11.8 Å². The van der Waals surface area contributed by atoms with Gasteiger partial charge in [-0.05, 0) is 25.1 Å². The number of carbonyl (C=O) groups excluding carboxylic acids is 1. The number of aliphatic hydroxyl groups excluding tert-OH is 1. The third kappa shape index (κ3) is 3.88. The van der Waals surface area contributed by atoms with E-state index in [1.54, 1.807) is 24.8 Å². The average Bonchev–Trinajstić information content (AvgIpc) is 2.94. The first kappa shape index (κ1) is 14.7. The molecule has 1 amide bonds. The van der Waals surface area contributed by atoms with Crippen LogP contribution in [0.2, 0.25) is 0 Å². The maximum absolute atomic E-state index is 12.0. The normalized spacial score (nSPS) is 12.1. The highest BCUT2D eigenvalue weighted by molar-refractivity contribution is 7.98. The summed E-state index contributed by atoms with van der Waals surface area (Å²) in [7, 11) is 0. The summed E-state index contributed by atoms with van der Waals surface area (Å²) in [6, 6.07) is 11.5. The Bertz CT molecular complexity index is 553. The topological polar surface area (TPSA) is 62.5 Å². The summed E-state index contributed by atoms with van der Waals surface area (Å²) in [5, 5.41) is 11.6. The summed E-state index contributed by atoms with van der Waals surface area (Å²) in [5.41, 5.74) is 0.849. The molecule has 106 valence electrons. The second-order valence-electron chi connectivity index (χ2n) is 4.43. The van der Waals surface area contributed by atoms with Gasteiger partial charge in [-0.2, -0.15) is 0 Å². The SMILES string of the molecule is CC(CO)NC(=O)c1occc1CSc1ccccc1. The third-order valence-corrected chi connectivity index (χ3v) is 3.80. The van der Waals surface area contributed by atoms with E-state index in [1.165, 1.54) is 6.26 Å². The van der Waals surface area contributed by atoms with Gasteiger partial charge in [0.05, 0.1) is 12.9 Å². The van der Waals surface area contributed by atoms with E-state index in [0.717, 1.165) is 10.5 Å². The van der Waals surface area contributed by atoms with Gasteiger partial charge in [-0.25, -0.2) is 0 Å². The van der Waals surface area contributed by atoms with Gasteiger partial charge in [0.2, 0.25) is 0 Å². The minimum absolute atomic E-state index is 0.0967. The number of thioether (sulfide) groups is 1. The Morgan fingerprint density at radius 2 is 2.10 bits per heavy atom. The second kappa shape index (κ2) is 7.17. The summed E-state index contributed by atoms with van der Waals surface area (Å²) in [6.45, 7) is 1.64. The average molecular weight is 291 g/mol. The van der Waals surface area contributed by atoms with Crippen molar-refractivity contribution in [1.29, 1.82) is 0 Å². The van der Waals surface area contributed by atoms with E-state index in [1.807, 2.05) is 30.3 Å². The van der Waals surface area contributed by atoms with Gasteiger partial charge in [0.15, 0.2) is 5.76 Å². The molecule has 0 radical (unpaired) electrons. The van der Waals surface area contributed by atoms with E-state index in [2.05, 4.69) is 5.32 Å². The first-order chi connectivity index (χ1) is 9.70. The molecule has 1 heterocycles. The van der Waals surface area contributed by atoms with Gasteiger partial charge < -0.3 is 14.8 Å². The molecule has 1 atom stereocenters. The van der Waals surface area contributed by atoms with Crippen molar-refractivity contribution in [3.05, 3.63) is 54.0 Å². The minimum atomic E-state index is -0.291. The largest absolute Gasteiger partial charge is 0.459 e. The van der Waals surface area contributed by atoms with Crippen LogP contribution in [-0.2, 0) is 5.75 Å². The van der Waals surface area contributed by atoms with Crippen molar-refractivity contribution in [2.24, 2.45) is 0 Å². The lowest BCUT2D eigenvalue weighted by molar-refractivity contribution is 0.0893. The molecule has 0 aliphatic rings. The summed E-state index contributed by atoms with van der Waals surface area (Å²) in [5.74, 6) is 0.686. The van der Waals surface area contributed by atoms with Crippen molar-refractivity contribution >= 4 is 17.7 Å². The van der Waals surface area contributed by atoms with Gasteiger partial charge in [-0.15, -0.1) is 11.8 Å². The summed E-state index contributed by atoms with van der Waals surface area (Å²) < 4.78 is 5.25. The summed E-state index contributed by atoms with van der Waals surface area (Å²) in [4.78, 5) is 13.1. The molecular weight excluding hydrogens is 274 g/mol. The Morgan fingerprint density at radius 3 is 2.80 bits per heavy atom. The number of benzene rings is 1. The molecule has 2 N–H and O–H groups in total. The number of rotatable bonds is 6. The quantitative estimate of drug-likeness (QED) is 0.803. The fraction of sp³-hybridized carbons (Fsp3) is 0.267. The molecule has 0 fully saturated rings. The van der Waals surface area contributed by atoms with Gasteiger partial charge >= 0.3 is 0 Å². The Hall–Kier alpha value is -1.72. The Labute approximate surface area is 122 Å². The maximum atomic E-state index is 12.0. The zero-order chi connectivity index (χ0) is 14.4. The predicted octanol–water partition coefficient (Wildman–Crippen LogP) is 2.68. The Kier molecular flexibility index (Phi) is 5.26. The predicted molar refractivity (Wildman–Crippen MR) is 78.7 cm³/mol. The van der Waals surface area contributed by atoms with Crippen molar-refractivity contribution in [1.82, 2.24) is 5.32 Å². The van der Waals surface area contributed by atoms with Crippen LogP contribution in [0.5, 0.6) is 0 Å². The lowest BCUT2D eigenvalue weighted by atomic mass is 10.2. The minimum Gasteiger partial charge on any atom is -0.459 e. The monoisotopic (exact) mass is 291 g/mol. The number of amides is 1. The molecule has 0 saturated carbocycles. The van der Waals surface area contributed by atoms with Gasteiger partial charge in [0.1, 0.15) is 0 Å². The number of carbonyl (C=O) groups is 1. The lowest BCUT2D eigenvalue weighted by Gasteiger charge is -2.10. The number of hydrogen-bond acceptors (Lipinski definition) is 4. The maximum Gasteiger partial charge on any atom is 0.287 e. The molecule has 20 heavy (non-hydrogen) atoms. The van der Waals surface area contributed by atoms with Gasteiger partial charge in [-0.3, -0.25) is 4.79 Å². The summed E-state index contributed by atoms with van der Waals surface area (Å²) >= 11 is 1.64. The summed E-state index contributed by atoms with van der Waals surface area (Å²) in [6.07, 6.45) is 1.51. The van der Waals surface area contributed by atoms with E-state index >= 15 is 0 Å². The molecule has 4 nitrogen and oxygen atoms in total. The van der Waals surface area contributed by atoms with Crippen LogP contribution in [0.25, 0.3) is 0 Å². The standard InChI is InChI=1S/C15H17NO3S/c1-11(9-17)16-15(18)14-12(7-8-19-14)10-20-13-5-3-2-4-6-13/h2-8,11,17H,9-10H2,1H3,(H,16,18). The highest BCUT2D eigenvalue weighted by Gasteiger charge is 2.17. The van der Waals surface area contributed by atoms with Crippen LogP contribution in [0.3, 0.4) is 0 Å². The van der Waals surface area contributed by atoms with Crippen molar-refractivity contribution in [3.8, 4) is 0 Å². The molecule has 0 spiro atoms. The fourth-order valence-electron chi connectivity index (χ4n) is 1.66. The van der Waals surface area contributed by atoms with E-state index in [4.69, 9.17) is 9.52 Å². The molecule has 1 aromatic carbocycles. The first-order valence-electron chi connectivity index (χ1n) is 6.36. The molecular formula is C15H17NO3S. The molecule has 0 aliphatic heterocycles. The lowest BCUT2D eigenvalue weighted by Crippen LogP contribution is -2.35. The molecule has 1 unspecified atom stereocenters. The Balaban J connectivity index is 2.00. The van der Waals surface area contributed by atoms with E-state index in [0.29, 0.717) is 11.5 Å². The zero-order valence-corrected chi connectivity index (χ0v) is 12.0. The molecule has 5 heteroatoms. The third-order valence-electron chi connectivity index (χ3n) is 2.74. The second-order valence-corrected chi connectivity index (χ2v) is 5.48. The fourth-order valence-corrected chi connectivity index (χ4v) is 2.56. The van der Waals surface area contributed by atoms with Crippen LogP contribution in [0.1, 0.15) is 23.0 Å². The van der Waals surface area contributed by atoms with Crippen molar-refractivity contribution in [3.63, 3.8) is 0 Å². The van der Waals surface area contributed by atoms with Gasteiger partial charge in [0.25, 0.3) is 5.91 Å². The number of hydrogen-bond donors (Lipinski definition) is 2. The molecule has 1 aromatic heterocycles. The number of aliphatic hydroxyl groups is 1. The number of furan rings is 1. The van der Waals surface area contributed by atoms with Gasteiger partial charge in [0, 0.05) is 22.3 Å². The zero-order valence-electron chi connectivity index (χ0n) is 11.2. The van der Waals surface area contributed by atoms with Crippen LogP contribution in [0.4, 0.5) is 0 Å². The first-order valence-corrected chi connectivity index (χ1v) is 7.35. The molecule has 0 saturated heterocycles. The van der Waals surface area contributed by atoms with Crippen LogP contribution in [0.15, 0.2) is 52.0 Å². The van der Waals surface area contributed by atoms with E-state index in [9.17, 15) is 4.79 Å². The molecule has 2 aromatic rings. The van der Waals surface area contributed by atoms with Crippen molar-refractivity contribution in [2.75, 3.05) is 6.61 Å². The van der Waals surface area contributed by atoms with Crippen LogP contribution in [0, 0.1) is 0 Å². The Morgan fingerprint density at radius 1 is 1.35 bits per heavy atom. The van der Waals surface area contributed by atoms with Crippen molar-refractivity contribution < 1.29 is 14.3 Å². The molecule has 0 bridgehead atoms. The van der Waals surface area contributed by atoms with Gasteiger partial charge in [-0.1, -0.05) is 18.2 Å². The van der Waals surface area contributed by atoms with Crippen LogP contribution in [-0.4, -0.2) is 23.7 Å². The highest BCUT2D eigenvalue weighted by Crippen LogP contribution is 2.24.